The third-order valence-electron chi connectivity index (χ3n) is 10.2. The summed E-state index contributed by atoms with van der Waals surface area (Å²) >= 11 is 8.61. The Balaban J connectivity index is 0.000000177. The highest BCUT2D eigenvalue weighted by Crippen LogP contribution is 2.36. The van der Waals surface area contributed by atoms with Crippen LogP contribution < -0.4 is 4.74 Å². The average molecular weight is 949 g/mol. The zero-order valence-electron chi connectivity index (χ0n) is 34.8. The second-order valence-electron chi connectivity index (χ2n) is 14.6. The molecule has 0 saturated carbocycles. The monoisotopic (exact) mass is 948 g/mol. The first kappa shape index (κ1) is 48.1. The number of alkyl halides is 7. The van der Waals surface area contributed by atoms with Crippen molar-refractivity contribution in [1.82, 2.24) is 0 Å². The Morgan fingerprint density at radius 2 is 1.17 bits per heavy atom. The lowest BCUT2D eigenvalue weighted by atomic mass is 9.97. The van der Waals surface area contributed by atoms with E-state index in [0.717, 1.165) is 68.2 Å². The molecule has 2 aromatic heterocycles. The molecule has 0 aliphatic heterocycles. The van der Waals surface area contributed by atoms with Crippen molar-refractivity contribution in [3.8, 4) is 33.8 Å². The molecule has 336 valence electrons. The van der Waals surface area contributed by atoms with Gasteiger partial charge < -0.3 is 19.7 Å². The van der Waals surface area contributed by atoms with Gasteiger partial charge >= 0.3 is 24.3 Å². The van der Waals surface area contributed by atoms with E-state index in [1.165, 1.54) is 23.5 Å². The highest BCUT2D eigenvalue weighted by atomic mass is 35.5. The van der Waals surface area contributed by atoms with Gasteiger partial charge in [0.25, 0.3) is 0 Å². The molecule has 2 heterocycles. The fraction of sp³-hybridized carbons (Fsp3) is 0.160. The highest BCUT2D eigenvalue weighted by molar-refractivity contribution is 7.08. The minimum atomic E-state index is -4.42. The number of esters is 1. The highest BCUT2D eigenvalue weighted by Gasteiger charge is 2.31. The zero-order valence-corrected chi connectivity index (χ0v) is 37.2. The number of halogens is 7. The van der Waals surface area contributed by atoms with Crippen LogP contribution >= 0.6 is 34.3 Å². The summed E-state index contributed by atoms with van der Waals surface area (Å²) in [6, 6.07) is 28.3. The molecule has 8 rings (SSSR count). The van der Waals surface area contributed by atoms with Crippen LogP contribution in [0.3, 0.4) is 0 Å². The van der Waals surface area contributed by atoms with E-state index in [4.69, 9.17) is 21.1 Å². The van der Waals surface area contributed by atoms with Crippen LogP contribution in [0.5, 0.6) is 11.5 Å². The molecule has 2 N–H and O–H groups in total. The summed E-state index contributed by atoms with van der Waals surface area (Å²) < 4.78 is 86.4. The van der Waals surface area contributed by atoms with Crippen molar-refractivity contribution in [2.24, 2.45) is 0 Å². The molecule has 65 heavy (non-hydrogen) atoms. The summed E-state index contributed by atoms with van der Waals surface area (Å²) in [4.78, 5) is 23.6. The number of aromatic hydroxyl groups is 1. The van der Waals surface area contributed by atoms with Gasteiger partial charge in [-0.2, -0.15) is 49.0 Å². The van der Waals surface area contributed by atoms with Crippen molar-refractivity contribution < 1.29 is 55.6 Å². The van der Waals surface area contributed by atoms with Crippen LogP contribution in [0.25, 0.3) is 43.8 Å². The van der Waals surface area contributed by atoms with Crippen LogP contribution in [0, 0.1) is 13.8 Å². The Hall–Kier alpha value is -6.35. The molecule has 0 spiro atoms. The van der Waals surface area contributed by atoms with Gasteiger partial charge in [0.1, 0.15) is 18.1 Å². The van der Waals surface area contributed by atoms with E-state index < -0.39 is 29.4 Å². The molecule has 0 aliphatic rings. The zero-order chi connectivity index (χ0) is 47.1. The number of carbonyl (C=O) groups is 2. The molecule has 0 amide bonds. The van der Waals surface area contributed by atoms with Gasteiger partial charge in [-0.1, -0.05) is 24.3 Å². The molecule has 0 unspecified atom stereocenters. The molecule has 0 bridgehead atoms. The normalized spacial score (nSPS) is 11.4. The Labute approximate surface area is 382 Å². The maximum absolute atomic E-state index is 13.0. The van der Waals surface area contributed by atoms with Gasteiger partial charge in [0.15, 0.2) is 0 Å². The van der Waals surface area contributed by atoms with Gasteiger partial charge in [-0.3, -0.25) is 0 Å². The summed E-state index contributed by atoms with van der Waals surface area (Å²) in [5, 5.41) is 30.4. The van der Waals surface area contributed by atoms with Gasteiger partial charge in [0.2, 0.25) is 0 Å². The van der Waals surface area contributed by atoms with Crippen LogP contribution in [0.1, 0.15) is 61.0 Å². The summed E-state index contributed by atoms with van der Waals surface area (Å²) in [5.41, 5.74) is 5.47. The number of aromatic carboxylic acids is 1. The third-order valence-corrected chi connectivity index (χ3v) is 11.8. The van der Waals surface area contributed by atoms with Crippen molar-refractivity contribution in [1.29, 1.82) is 0 Å². The van der Waals surface area contributed by atoms with E-state index in [9.17, 15) is 46.1 Å². The van der Waals surface area contributed by atoms with Crippen molar-refractivity contribution in [3.63, 3.8) is 0 Å². The number of carbonyl (C=O) groups excluding carboxylic acids is 1. The molecule has 0 atom stereocenters. The Kier molecular flexibility index (Phi) is 15.3. The van der Waals surface area contributed by atoms with E-state index in [1.807, 2.05) is 51.9 Å². The topological polar surface area (TPSA) is 93.1 Å². The molecule has 0 saturated heterocycles. The fourth-order valence-corrected chi connectivity index (χ4v) is 8.32. The molecule has 0 fully saturated rings. The number of ether oxygens (including phenoxy) is 2. The van der Waals surface area contributed by atoms with Gasteiger partial charge in [-0.05, 0) is 193 Å². The van der Waals surface area contributed by atoms with Crippen LogP contribution in [-0.2, 0) is 29.6 Å². The summed E-state index contributed by atoms with van der Waals surface area (Å²) in [7, 11) is 0. The van der Waals surface area contributed by atoms with Crippen LogP contribution in [0.4, 0.5) is 26.3 Å². The third kappa shape index (κ3) is 12.1. The Bertz CT molecular complexity index is 2950. The molecule has 8 aromatic rings. The van der Waals surface area contributed by atoms with Gasteiger partial charge in [-0.15, -0.1) is 11.6 Å². The summed E-state index contributed by atoms with van der Waals surface area (Å²) in [6.07, 6.45) is -8.70. The molecule has 6 aromatic carbocycles. The smallest absolute Gasteiger partial charge is 0.416 e. The van der Waals surface area contributed by atoms with Gasteiger partial charge in [-0.25, -0.2) is 9.59 Å². The minimum absolute atomic E-state index is 0.0305. The number of phenols is 1. The molecule has 15 heteroatoms. The fourth-order valence-electron chi connectivity index (χ4n) is 6.72. The number of hydrogen-bond acceptors (Lipinski definition) is 7. The first-order valence-electron chi connectivity index (χ1n) is 19.7. The number of carboxylic acids is 1. The molecule has 6 nitrogen and oxygen atoms in total. The van der Waals surface area contributed by atoms with E-state index in [0.29, 0.717) is 40.0 Å². The molecular weight excluding hydrogens is 910 g/mol. The Morgan fingerprint density at radius 1 is 0.646 bits per heavy atom. The summed E-state index contributed by atoms with van der Waals surface area (Å²) in [5.74, 6) is -0.651. The quantitative estimate of drug-likeness (QED) is 0.0851. The number of hydrogen-bond donors (Lipinski definition) is 2. The second kappa shape index (κ2) is 20.7. The van der Waals surface area contributed by atoms with E-state index >= 15 is 0 Å². The number of rotatable bonds is 9. The maximum atomic E-state index is 13.0. The van der Waals surface area contributed by atoms with Crippen LogP contribution in [-0.4, -0.2) is 28.8 Å². The first-order chi connectivity index (χ1) is 30.9. The predicted octanol–water partition coefficient (Wildman–Crippen LogP) is 15.4. The van der Waals surface area contributed by atoms with Crippen LogP contribution in [0.15, 0.2) is 131 Å². The van der Waals surface area contributed by atoms with E-state index in [-0.39, 0.29) is 29.8 Å². The van der Waals surface area contributed by atoms with Crippen LogP contribution in [0.2, 0.25) is 0 Å². The van der Waals surface area contributed by atoms with Crippen molar-refractivity contribution >= 4 is 67.8 Å². The number of carboxylic acid groups (broad SMARTS) is 1. The van der Waals surface area contributed by atoms with Crippen molar-refractivity contribution in [3.05, 3.63) is 175 Å². The number of phenolic OH excluding ortho intramolecular Hbond substituents is 1. The molecular formula is C50H39ClF6O6S2. The van der Waals surface area contributed by atoms with Gasteiger partial charge in [0, 0.05) is 5.88 Å². The standard InChI is InChI=1S/C24H17F3O3S.C17H14O3S.C9H8ClF3/c1-14-2-3-19(24(25,26)27)9-18(14)12-30-20-4-5-21-16(10-20)8-17(23(28)29)11-22(21)15-6-7-31-13-15;1-2-20-17(19)13-7-12-8-14(18)3-4-15(12)16(9-13)11-5-6-21-10-11;1-6-2-3-8(9(11,12)13)4-7(6)5-10/h2-11,13H,12H2,1H3,(H,28,29);3-10,18H,2H2,1H3;2-4H,5H2,1H3. The molecule has 0 aliphatic carbocycles. The summed E-state index contributed by atoms with van der Waals surface area (Å²) in [6.45, 7) is 5.55. The SMILES string of the molecule is CCOC(=O)c1cc(-c2ccsc2)c2ccc(O)cc2c1.Cc1ccc(C(F)(F)F)cc1CCl.Cc1ccc(C(F)(F)F)cc1COc1ccc2c(-c3ccsc3)cc(C(=O)O)cc2c1. The minimum Gasteiger partial charge on any atom is -0.508 e. The number of thiophene rings is 2. The number of aryl methyl sites for hydroxylation is 2. The Morgan fingerprint density at radius 3 is 1.69 bits per heavy atom. The van der Waals surface area contributed by atoms with Crippen molar-refractivity contribution in [2.45, 2.75) is 45.6 Å². The maximum Gasteiger partial charge on any atom is 0.416 e. The lowest BCUT2D eigenvalue weighted by Crippen LogP contribution is -2.07. The van der Waals surface area contributed by atoms with E-state index in [2.05, 4.69) is 0 Å². The number of benzene rings is 6. The lowest BCUT2D eigenvalue weighted by molar-refractivity contribution is -0.138. The molecule has 0 radical (unpaired) electrons. The largest absolute Gasteiger partial charge is 0.508 e. The second-order valence-corrected chi connectivity index (χ2v) is 16.4. The van der Waals surface area contributed by atoms with Crippen molar-refractivity contribution in [2.75, 3.05) is 6.61 Å². The first-order valence-corrected chi connectivity index (χ1v) is 22.1. The average Bonchev–Trinajstić information content (AvgIpc) is 4.01. The lowest BCUT2D eigenvalue weighted by Gasteiger charge is -2.14. The van der Waals surface area contributed by atoms with Gasteiger partial charge in [0.05, 0.1) is 28.9 Å². The van der Waals surface area contributed by atoms with E-state index in [1.54, 1.807) is 74.6 Å². The predicted molar refractivity (Wildman–Crippen MR) is 245 cm³/mol. The number of fused-ring (bicyclic) bond motifs is 2.